The van der Waals surface area contributed by atoms with Gasteiger partial charge in [0.15, 0.2) is 0 Å². The molecule has 4 saturated carbocycles. The summed E-state index contributed by atoms with van der Waals surface area (Å²) in [6.07, 6.45) is 15.0. The molecule has 1 amide bonds. The Labute approximate surface area is 305 Å². The molecule has 0 saturated heterocycles. The molecule has 0 aliphatic heterocycles. The van der Waals surface area contributed by atoms with Crippen molar-refractivity contribution in [3.63, 3.8) is 0 Å². The summed E-state index contributed by atoms with van der Waals surface area (Å²) in [6.45, 7) is 20.0. The van der Waals surface area contributed by atoms with Crippen LogP contribution in [-0.2, 0) is 11.3 Å². The summed E-state index contributed by atoms with van der Waals surface area (Å²) in [5.74, 6) is 1.88. The van der Waals surface area contributed by atoms with Gasteiger partial charge >= 0.3 is 5.97 Å². The minimum atomic E-state index is -0.873. The van der Waals surface area contributed by atoms with Crippen molar-refractivity contribution in [2.24, 2.45) is 51.2 Å². The number of fused-ring (bicyclic) bond motifs is 8. The van der Waals surface area contributed by atoms with Crippen LogP contribution in [0.4, 0.5) is 0 Å². The molecule has 1 aromatic heterocycles. The lowest BCUT2D eigenvalue weighted by molar-refractivity contribution is -0.219. The maximum absolute atomic E-state index is 14.0. The van der Waals surface area contributed by atoms with Crippen LogP contribution < -0.4 is 5.32 Å². The van der Waals surface area contributed by atoms with E-state index in [1.54, 1.807) is 12.1 Å². The van der Waals surface area contributed by atoms with Crippen LogP contribution in [-0.4, -0.2) is 27.1 Å². The number of hydrogen-bond acceptors (Lipinski definition) is 2. The number of hydrogen-bond donors (Lipinski definition) is 2. The van der Waals surface area contributed by atoms with Crippen molar-refractivity contribution < 1.29 is 14.7 Å². The van der Waals surface area contributed by atoms with Crippen molar-refractivity contribution in [2.75, 3.05) is 0 Å². The molecule has 5 heteroatoms. The Morgan fingerprint density at radius 2 is 1.61 bits per heavy atom. The molecule has 3 aromatic rings. The molecule has 9 atom stereocenters. The third-order valence-electron chi connectivity index (χ3n) is 16.5. The van der Waals surface area contributed by atoms with E-state index in [1.165, 1.54) is 47.8 Å². The van der Waals surface area contributed by atoms with Crippen LogP contribution in [0.25, 0.3) is 16.5 Å². The number of carboxylic acids is 1. The molecule has 5 aliphatic rings. The fourth-order valence-corrected chi connectivity index (χ4v) is 14.0. The quantitative estimate of drug-likeness (QED) is 0.254. The van der Waals surface area contributed by atoms with Gasteiger partial charge in [-0.3, -0.25) is 4.79 Å². The molecule has 0 spiro atoms. The maximum Gasteiger partial charge on any atom is 0.335 e. The SMILES string of the molecule is C=C(C)C1CCC2(NC(=O)Cn3ccc4ccccc43)CCC3(C)C(CCC4C5(C)CC=C(c6ccc(C(=O)O)cc6)C(C)(C)C5CCC43C)C12. The van der Waals surface area contributed by atoms with Crippen LogP contribution in [0, 0.1) is 51.2 Å². The Balaban J connectivity index is 1.09. The molecule has 5 aliphatic carbocycles. The van der Waals surface area contributed by atoms with E-state index < -0.39 is 5.97 Å². The summed E-state index contributed by atoms with van der Waals surface area (Å²) in [4.78, 5) is 25.6. The van der Waals surface area contributed by atoms with Crippen molar-refractivity contribution in [1.82, 2.24) is 9.88 Å². The van der Waals surface area contributed by atoms with Gasteiger partial charge in [-0.15, -0.1) is 0 Å². The predicted molar refractivity (Wildman–Crippen MR) is 206 cm³/mol. The van der Waals surface area contributed by atoms with Crippen LogP contribution >= 0.6 is 0 Å². The van der Waals surface area contributed by atoms with Crippen molar-refractivity contribution >= 4 is 28.4 Å². The maximum atomic E-state index is 14.0. The predicted octanol–water partition coefficient (Wildman–Crippen LogP) is 10.6. The van der Waals surface area contributed by atoms with Gasteiger partial charge in [0.25, 0.3) is 0 Å². The highest BCUT2D eigenvalue weighted by Gasteiger charge is 2.70. The van der Waals surface area contributed by atoms with Gasteiger partial charge in [0, 0.05) is 17.3 Å². The number of aromatic nitrogens is 1. The molecular formula is C46H58N2O3. The molecule has 5 nitrogen and oxygen atoms in total. The third-order valence-corrected chi connectivity index (χ3v) is 16.5. The summed E-state index contributed by atoms with van der Waals surface area (Å²) in [5, 5.41) is 14.4. The molecule has 2 aromatic carbocycles. The van der Waals surface area contributed by atoms with Gasteiger partial charge < -0.3 is 15.0 Å². The Bertz CT molecular complexity index is 1930. The third kappa shape index (κ3) is 4.92. The average molecular weight is 687 g/mol. The largest absolute Gasteiger partial charge is 0.478 e. The molecule has 8 rings (SSSR count). The Hall–Kier alpha value is -3.60. The second-order valence-electron chi connectivity index (χ2n) is 18.8. The number of aromatic carboxylic acids is 1. The molecule has 270 valence electrons. The van der Waals surface area contributed by atoms with Crippen LogP contribution in [0.3, 0.4) is 0 Å². The first-order chi connectivity index (χ1) is 24.1. The van der Waals surface area contributed by atoms with E-state index in [2.05, 4.69) is 101 Å². The average Bonchev–Trinajstić information content (AvgIpc) is 3.67. The number of carboxylic acid groups (broad SMARTS) is 1. The molecular weight excluding hydrogens is 629 g/mol. The lowest BCUT2D eigenvalue weighted by Gasteiger charge is -2.72. The highest BCUT2D eigenvalue weighted by Crippen LogP contribution is 2.76. The first kappa shape index (κ1) is 34.5. The lowest BCUT2D eigenvalue weighted by atomic mass is 9.33. The van der Waals surface area contributed by atoms with E-state index in [0.717, 1.165) is 37.6 Å². The second kappa shape index (κ2) is 11.7. The molecule has 0 bridgehead atoms. The molecule has 4 fully saturated rings. The Morgan fingerprint density at radius 3 is 2.33 bits per heavy atom. The fourth-order valence-electron chi connectivity index (χ4n) is 14.0. The Kier molecular flexibility index (Phi) is 7.91. The minimum Gasteiger partial charge on any atom is -0.478 e. The van der Waals surface area contributed by atoms with Crippen molar-refractivity contribution in [3.05, 3.63) is 90.1 Å². The molecule has 9 unspecified atom stereocenters. The van der Waals surface area contributed by atoms with Gasteiger partial charge in [0.2, 0.25) is 5.91 Å². The van der Waals surface area contributed by atoms with Gasteiger partial charge in [-0.2, -0.15) is 0 Å². The zero-order valence-electron chi connectivity index (χ0n) is 31.7. The van der Waals surface area contributed by atoms with E-state index in [9.17, 15) is 14.7 Å². The summed E-state index contributed by atoms with van der Waals surface area (Å²) in [6, 6.07) is 18.0. The molecule has 2 N–H and O–H groups in total. The van der Waals surface area contributed by atoms with Gasteiger partial charge in [0.05, 0.1) is 5.56 Å². The number of amides is 1. The zero-order chi connectivity index (χ0) is 36.1. The lowest BCUT2D eigenvalue weighted by Crippen LogP contribution is -2.68. The number of benzene rings is 2. The van der Waals surface area contributed by atoms with E-state index in [1.807, 2.05) is 12.1 Å². The normalized spacial score (nSPS) is 38.1. The van der Waals surface area contributed by atoms with Gasteiger partial charge in [-0.1, -0.05) is 83.2 Å². The van der Waals surface area contributed by atoms with Gasteiger partial charge in [-0.25, -0.2) is 4.79 Å². The number of carbonyl (C=O) groups excluding carboxylic acids is 1. The van der Waals surface area contributed by atoms with Crippen molar-refractivity contribution in [3.8, 4) is 0 Å². The number of allylic oxidation sites excluding steroid dienone is 3. The second-order valence-corrected chi connectivity index (χ2v) is 18.8. The summed E-state index contributed by atoms with van der Waals surface area (Å²) in [5.41, 5.74) is 5.73. The van der Waals surface area contributed by atoms with Crippen LogP contribution in [0.1, 0.15) is 115 Å². The number of nitrogens with one attached hydrogen (secondary N) is 1. The summed E-state index contributed by atoms with van der Waals surface area (Å²) < 4.78 is 2.11. The fraction of sp³-hybridized carbons (Fsp3) is 0.565. The van der Waals surface area contributed by atoms with E-state index in [-0.39, 0.29) is 33.1 Å². The number of para-hydroxylation sites is 1. The summed E-state index contributed by atoms with van der Waals surface area (Å²) >= 11 is 0. The smallest absolute Gasteiger partial charge is 0.335 e. The molecule has 51 heavy (non-hydrogen) atoms. The van der Waals surface area contributed by atoms with Gasteiger partial charge in [-0.05, 0) is 157 Å². The van der Waals surface area contributed by atoms with Crippen LogP contribution in [0.5, 0.6) is 0 Å². The monoisotopic (exact) mass is 686 g/mol. The van der Waals surface area contributed by atoms with Crippen molar-refractivity contribution in [1.29, 1.82) is 0 Å². The highest BCUT2D eigenvalue weighted by molar-refractivity contribution is 5.88. The van der Waals surface area contributed by atoms with E-state index in [4.69, 9.17) is 0 Å². The van der Waals surface area contributed by atoms with Crippen LogP contribution in [0.2, 0.25) is 0 Å². The van der Waals surface area contributed by atoms with E-state index in [0.29, 0.717) is 41.7 Å². The first-order valence-corrected chi connectivity index (χ1v) is 19.7. The van der Waals surface area contributed by atoms with Crippen molar-refractivity contribution in [2.45, 2.75) is 111 Å². The number of carbonyl (C=O) groups is 2. The van der Waals surface area contributed by atoms with E-state index >= 15 is 0 Å². The zero-order valence-corrected chi connectivity index (χ0v) is 31.7. The van der Waals surface area contributed by atoms with Crippen LogP contribution in [0.15, 0.2) is 79.0 Å². The van der Waals surface area contributed by atoms with Gasteiger partial charge in [0.1, 0.15) is 6.54 Å². The number of rotatable bonds is 6. The molecule has 1 heterocycles. The topological polar surface area (TPSA) is 71.3 Å². The summed E-state index contributed by atoms with van der Waals surface area (Å²) in [7, 11) is 0. The highest BCUT2D eigenvalue weighted by atomic mass is 16.4. The standard InChI is InChI=1S/C46H58N2O3/c1-29(2)33-18-24-46(47-39(49)28-48-27-21-31-10-8-9-11-36(31)48)26-25-44(6)35(40(33)46)16-17-38-43(5)22-19-34(30-12-14-32(15-13-30)41(50)51)42(3,4)37(43)20-23-45(38,44)7/h8-15,19,21,27,33,35,37-38,40H,1,16-18,20,22-26,28H2,2-7H3,(H,47,49)(H,50,51). The number of nitrogens with zero attached hydrogens (tertiary/aromatic N) is 1. The molecule has 0 radical (unpaired) electrons. The Morgan fingerprint density at radius 1 is 0.863 bits per heavy atom. The first-order valence-electron chi connectivity index (χ1n) is 19.7. The minimum absolute atomic E-state index is 0.00956.